The number of nitrogens with zero attached hydrogens (tertiary/aromatic N) is 2. The van der Waals surface area contributed by atoms with Gasteiger partial charge in [0.15, 0.2) is 0 Å². The van der Waals surface area contributed by atoms with Gasteiger partial charge in [0.25, 0.3) is 9.04 Å². The van der Waals surface area contributed by atoms with Crippen molar-refractivity contribution >= 4 is 20.4 Å². The number of imidazole rings is 1. The van der Waals surface area contributed by atoms with Gasteiger partial charge in [-0.15, -0.1) is 0 Å². The van der Waals surface area contributed by atoms with Crippen LogP contribution in [-0.4, -0.2) is 24.7 Å². The Hall–Kier alpha value is -1.88. The number of benzene rings is 1. The zero-order valence-electron chi connectivity index (χ0n) is 11.7. The molecule has 1 radical (unpaired) electrons. The molecule has 0 aliphatic rings. The highest BCUT2D eigenvalue weighted by Crippen LogP contribution is 2.32. The molecule has 0 fully saturated rings. The summed E-state index contributed by atoms with van der Waals surface area (Å²) in [5.41, 5.74) is 3.81. The number of aryl methyl sites for hydroxylation is 1. The van der Waals surface area contributed by atoms with E-state index in [2.05, 4.69) is 28.1 Å². The van der Waals surface area contributed by atoms with Crippen molar-refractivity contribution in [2.75, 3.05) is 0 Å². The number of nitrogens with one attached hydrogen (secondary N) is 1. The average Bonchev–Trinajstić information content (AvgIpc) is 2.87. The molecular weight excluding hydrogens is 254 g/mol. The summed E-state index contributed by atoms with van der Waals surface area (Å²) in [4.78, 5) is 11.7. The van der Waals surface area contributed by atoms with Crippen LogP contribution in [0.4, 0.5) is 5.69 Å². The van der Waals surface area contributed by atoms with Crippen LogP contribution < -0.4 is 4.43 Å². The van der Waals surface area contributed by atoms with Crippen LogP contribution in [0.15, 0.2) is 35.7 Å². The third kappa shape index (κ3) is 3.32. The first-order valence-electron chi connectivity index (χ1n) is 6.19. The minimum absolute atomic E-state index is 0.809. The maximum Gasteiger partial charge on any atom is 0.274 e. The van der Waals surface area contributed by atoms with Crippen LogP contribution in [0, 0.1) is 6.92 Å². The van der Waals surface area contributed by atoms with E-state index in [0.29, 0.717) is 0 Å². The van der Waals surface area contributed by atoms with Gasteiger partial charge >= 0.3 is 0 Å². The Bertz CT molecular complexity index is 576. The Kier molecular flexibility index (Phi) is 4.16. The summed E-state index contributed by atoms with van der Waals surface area (Å²) in [5.74, 6) is 0.889. The van der Waals surface area contributed by atoms with Crippen molar-refractivity contribution < 1.29 is 4.43 Å². The second-order valence-corrected chi connectivity index (χ2v) is 6.62. The third-order valence-electron chi connectivity index (χ3n) is 2.67. The molecule has 5 heteroatoms. The number of rotatable bonds is 4. The van der Waals surface area contributed by atoms with Crippen LogP contribution in [0.2, 0.25) is 13.1 Å². The first kappa shape index (κ1) is 13.5. The topological polar surface area (TPSA) is 50.3 Å². The van der Waals surface area contributed by atoms with E-state index >= 15 is 0 Å². The SMILES string of the molecule is CC(=Nc1cccc(C)c1O[Si](C)C)c1cnc[nH]1. The van der Waals surface area contributed by atoms with Crippen LogP contribution in [0.5, 0.6) is 5.75 Å². The van der Waals surface area contributed by atoms with Crippen molar-refractivity contribution in [2.45, 2.75) is 26.9 Å². The van der Waals surface area contributed by atoms with Crippen LogP contribution in [0.1, 0.15) is 18.2 Å². The largest absolute Gasteiger partial charge is 0.541 e. The lowest BCUT2D eigenvalue weighted by Gasteiger charge is -2.14. The Balaban J connectivity index is 2.39. The molecule has 2 rings (SSSR count). The van der Waals surface area contributed by atoms with Crippen LogP contribution in [0.25, 0.3) is 0 Å². The predicted molar refractivity (Wildman–Crippen MR) is 79.7 cm³/mol. The number of hydrogen-bond donors (Lipinski definition) is 1. The number of aromatic amines is 1. The summed E-state index contributed by atoms with van der Waals surface area (Å²) < 4.78 is 5.96. The molecule has 1 N–H and O–H groups in total. The molecule has 1 aromatic carbocycles. The van der Waals surface area contributed by atoms with E-state index < -0.39 is 9.04 Å². The molecule has 99 valence electrons. The summed E-state index contributed by atoms with van der Waals surface area (Å²) in [7, 11) is -0.809. The molecule has 2 aromatic rings. The number of aromatic nitrogens is 2. The minimum Gasteiger partial charge on any atom is -0.541 e. The van der Waals surface area contributed by atoms with E-state index in [4.69, 9.17) is 4.43 Å². The second-order valence-electron chi connectivity index (χ2n) is 4.60. The fourth-order valence-corrected chi connectivity index (χ4v) is 2.43. The Morgan fingerprint density at radius 2 is 2.16 bits per heavy atom. The molecule has 1 heterocycles. The first-order valence-corrected chi connectivity index (χ1v) is 8.60. The molecule has 0 unspecified atom stereocenters. The summed E-state index contributed by atoms with van der Waals surface area (Å²) in [6, 6.07) is 6.02. The second kappa shape index (κ2) is 5.84. The summed E-state index contributed by atoms with van der Waals surface area (Å²) >= 11 is 0. The lowest BCUT2D eigenvalue weighted by Crippen LogP contribution is -2.12. The van der Waals surface area contributed by atoms with Gasteiger partial charge in [-0.3, -0.25) is 0 Å². The van der Waals surface area contributed by atoms with Crippen molar-refractivity contribution in [3.05, 3.63) is 42.0 Å². The fraction of sp³-hybridized carbons (Fsp3) is 0.286. The standard InChI is InChI=1S/C14H18N3OSi/c1-10-6-5-7-12(14(10)18-19(3)4)17-11(2)13-8-15-9-16-13/h5-9H,1-4H3,(H,15,16). The molecule has 0 saturated heterocycles. The summed E-state index contributed by atoms with van der Waals surface area (Å²) in [6.07, 6.45) is 3.42. The van der Waals surface area contributed by atoms with Gasteiger partial charge in [-0.25, -0.2) is 9.98 Å². The third-order valence-corrected chi connectivity index (χ3v) is 3.29. The minimum atomic E-state index is -0.809. The van der Waals surface area contributed by atoms with Crippen molar-refractivity contribution in [3.63, 3.8) is 0 Å². The van der Waals surface area contributed by atoms with Crippen molar-refractivity contribution in [1.29, 1.82) is 0 Å². The molecular formula is C14H18N3OSi. The van der Waals surface area contributed by atoms with Crippen molar-refractivity contribution in [1.82, 2.24) is 9.97 Å². The van der Waals surface area contributed by atoms with Gasteiger partial charge in [0.1, 0.15) is 11.4 Å². The molecule has 0 aliphatic heterocycles. The Morgan fingerprint density at radius 1 is 1.37 bits per heavy atom. The van der Waals surface area contributed by atoms with Crippen molar-refractivity contribution in [2.24, 2.45) is 4.99 Å². The predicted octanol–water partition coefficient (Wildman–Crippen LogP) is 3.49. The van der Waals surface area contributed by atoms with E-state index in [9.17, 15) is 0 Å². The highest BCUT2D eigenvalue weighted by atomic mass is 28.3. The Labute approximate surface area is 115 Å². The average molecular weight is 272 g/mol. The molecule has 0 aliphatic carbocycles. The van der Waals surface area contributed by atoms with E-state index in [1.165, 1.54) is 0 Å². The van der Waals surface area contributed by atoms with E-state index in [1.54, 1.807) is 12.5 Å². The molecule has 0 bridgehead atoms. The maximum atomic E-state index is 5.96. The normalized spacial score (nSPS) is 11.9. The zero-order valence-corrected chi connectivity index (χ0v) is 12.7. The van der Waals surface area contributed by atoms with Gasteiger partial charge in [-0.05, 0) is 38.6 Å². The number of H-pyrrole nitrogens is 1. The zero-order chi connectivity index (χ0) is 13.8. The molecule has 0 atom stereocenters. The summed E-state index contributed by atoms with van der Waals surface area (Å²) in [5, 5.41) is 0. The molecule has 1 aromatic heterocycles. The quantitative estimate of drug-likeness (QED) is 0.684. The van der Waals surface area contributed by atoms with E-state index in [0.717, 1.165) is 28.4 Å². The van der Waals surface area contributed by atoms with Crippen LogP contribution >= 0.6 is 0 Å². The number of para-hydroxylation sites is 1. The first-order chi connectivity index (χ1) is 9.08. The highest BCUT2D eigenvalue weighted by Gasteiger charge is 2.10. The van der Waals surface area contributed by atoms with Gasteiger partial charge in [-0.2, -0.15) is 0 Å². The smallest absolute Gasteiger partial charge is 0.274 e. The lowest BCUT2D eigenvalue weighted by atomic mass is 10.2. The molecule has 0 saturated carbocycles. The molecule has 0 amide bonds. The molecule has 19 heavy (non-hydrogen) atoms. The van der Waals surface area contributed by atoms with Gasteiger partial charge in [0.05, 0.1) is 23.9 Å². The monoisotopic (exact) mass is 272 g/mol. The molecule has 0 spiro atoms. The summed E-state index contributed by atoms with van der Waals surface area (Å²) in [6.45, 7) is 8.24. The number of hydrogen-bond acceptors (Lipinski definition) is 3. The van der Waals surface area contributed by atoms with Crippen LogP contribution in [-0.2, 0) is 0 Å². The van der Waals surface area contributed by atoms with E-state index in [1.807, 2.05) is 32.0 Å². The van der Waals surface area contributed by atoms with Gasteiger partial charge < -0.3 is 9.41 Å². The van der Waals surface area contributed by atoms with Crippen molar-refractivity contribution in [3.8, 4) is 5.75 Å². The number of aliphatic imine (C=N–C) groups is 1. The fourth-order valence-electron chi connectivity index (χ4n) is 1.76. The highest BCUT2D eigenvalue weighted by molar-refractivity contribution is 6.49. The lowest BCUT2D eigenvalue weighted by molar-refractivity contribution is 0.577. The van der Waals surface area contributed by atoms with Crippen LogP contribution in [0.3, 0.4) is 0 Å². The maximum absolute atomic E-state index is 5.96. The Morgan fingerprint density at radius 3 is 2.79 bits per heavy atom. The van der Waals surface area contributed by atoms with Gasteiger partial charge in [-0.1, -0.05) is 12.1 Å². The molecule has 4 nitrogen and oxygen atoms in total. The van der Waals surface area contributed by atoms with E-state index in [-0.39, 0.29) is 0 Å². The van der Waals surface area contributed by atoms with Gasteiger partial charge in [0.2, 0.25) is 0 Å². The van der Waals surface area contributed by atoms with Gasteiger partial charge in [0, 0.05) is 0 Å².